The van der Waals surface area contributed by atoms with E-state index in [2.05, 4.69) is 59.7 Å². The maximum atomic E-state index is 14.6. The number of fused-ring (bicyclic) bond motifs is 5. The SMILES string of the molecule is Nc1nc2c(ncn2[C@@H]2O[C@H](COP(=O)(O)OP(=O)(O)OP(=O)(O)OCCCCCCNC(=O)CCCCCNS(=O)(=O)c3cc(S(=O)(=O)O)ccc3C3=c4cc5c6c(c4Oc4c3cc3c7c4CCCN7CCC3)CCC[N+]=6CCC5)[C@@H](O)[C@H]2O)c(=O)[nH]1. The Kier molecular flexibility index (Phi) is 18.8. The lowest BCUT2D eigenvalue weighted by Crippen LogP contribution is -2.45. The minimum Gasteiger partial charge on any atom is -0.455 e. The van der Waals surface area contributed by atoms with Gasteiger partial charge < -0.3 is 50.3 Å². The van der Waals surface area contributed by atoms with E-state index in [1.165, 1.54) is 23.2 Å². The van der Waals surface area contributed by atoms with Crippen molar-refractivity contribution in [1.29, 1.82) is 0 Å². The number of H-pyrrole nitrogens is 1. The molecule has 6 aliphatic heterocycles. The number of ether oxygens (including phenoxy) is 2. The molecule has 0 spiro atoms. The van der Waals surface area contributed by atoms with Gasteiger partial charge in [-0.1, -0.05) is 25.3 Å². The molecule has 0 bridgehead atoms. The van der Waals surface area contributed by atoms with Gasteiger partial charge in [0, 0.05) is 84.2 Å². The van der Waals surface area contributed by atoms with Gasteiger partial charge in [-0.15, -0.1) is 0 Å². The molecule has 1 amide bonds. The van der Waals surface area contributed by atoms with Crippen LogP contribution in [-0.4, -0.2) is 143 Å². The first-order valence-electron chi connectivity index (χ1n) is 29.0. The summed E-state index contributed by atoms with van der Waals surface area (Å²) in [4.78, 5) is 66.6. The molecule has 478 valence electrons. The van der Waals surface area contributed by atoms with Crippen molar-refractivity contribution in [2.24, 2.45) is 0 Å². The van der Waals surface area contributed by atoms with Crippen LogP contribution in [0.4, 0.5) is 11.6 Å². The quantitative estimate of drug-likeness (QED) is 0.0161. The molecule has 3 aromatic carbocycles. The number of aliphatic hydroxyl groups excluding tert-OH is 2. The molecular formula is C53H69N9O21P3S2+. The molecule has 2 aromatic heterocycles. The summed E-state index contributed by atoms with van der Waals surface area (Å²) in [6.45, 7) is 2.49. The number of aryl methyl sites for hydroxylation is 2. The second kappa shape index (κ2) is 25.7. The molecule has 0 aliphatic carbocycles. The van der Waals surface area contributed by atoms with Crippen LogP contribution in [0.1, 0.15) is 117 Å². The number of aliphatic hydroxyl groups is 2. The van der Waals surface area contributed by atoms with Crippen LogP contribution in [0.25, 0.3) is 16.7 Å². The molecule has 35 heteroatoms. The Morgan fingerprint density at radius 1 is 0.807 bits per heavy atom. The summed E-state index contributed by atoms with van der Waals surface area (Å²) in [5, 5.41) is 25.9. The predicted molar refractivity (Wildman–Crippen MR) is 314 cm³/mol. The molecule has 11 rings (SSSR count). The number of aromatic nitrogens is 4. The van der Waals surface area contributed by atoms with Crippen molar-refractivity contribution in [3.8, 4) is 11.5 Å². The topological polar surface area (TPSA) is 433 Å². The Hall–Kier alpha value is -5.34. The van der Waals surface area contributed by atoms with E-state index < -0.39 is 91.8 Å². The van der Waals surface area contributed by atoms with Gasteiger partial charge in [0.05, 0.1) is 34.9 Å². The Morgan fingerprint density at radius 3 is 2.27 bits per heavy atom. The number of nitrogens with zero attached hydrogens (tertiary/aromatic N) is 5. The van der Waals surface area contributed by atoms with Gasteiger partial charge in [0.1, 0.15) is 42.9 Å². The lowest BCUT2D eigenvalue weighted by Gasteiger charge is -2.39. The van der Waals surface area contributed by atoms with Crippen molar-refractivity contribution in [2.75, 3.05) is 63.1 Å². The van der Waals surface area contributed by atoms with Crippen molar-refractivity contribution in [1.82, 2.24) is 34.1 Å². The fraction of sp³-hybridized carbons (Fsp3) is 0.528. The van der Waals surface area contributed by atoms with Gasteiger partial charge in [0.25, 0.3) is 15.7 Å². The highest BCUT2D eigenvalue weighted by Crippen LogP contribution is 2.68. The van der Waals surface area contributed by atoms with Crippen LogP contribution < -0.4 is 46.1 Å². The largest absolute Gasteiger partial charge is 0.490 e. The highest BCUT2D eigenvalue weighted by Gasteiger charge is 2.48. The molecule has 0 saturated carbocycles. The molecule has 3 unspecified atom stereocenters. The van der Waals surface area contributed by atoms with Crippen LogP contribution in [0.5, 0.6) is 11.5 Å². The van der Waals surface area contributed by atoms with Crippen LogP contribution in [0.2, 0.25) is 0 Å². The van der Waals surface area contributed by atoms with Crippen LogP contribution in [-0.2, 0) is 86.7 Å². The number of nitrogens with one attached hydrogen (secondary N) is 3. The van der Waals surface area contributed by atoms with Crippen molar-refractivity contribution in [3.63, 3.8) is 0 Å². The molecule has 5 aromatic rings. The number of imidazole rings is 1. The second-order valence-corrected chi connectivity index (χ2v) is 30.3. The van der Waals surface area contributed by atoms with Crippen LogP contribution >= 0.6 is 23.5 Å². The van der Waals surface area contributed by atoms with E-state index in [9.17, 15) is 69.6 Å². The number of sulfonamides is 1. The first kappa shape index (κ1) is 64.2. The summed E-state index contributed by atoms with van der Waals surface area (Å²) in [7, 11) is -26.1. The lowest BCUT2D eigenvalue weighted by atomic mass is 9.82. The summed E-state index contributed by atoms with van der Waals surface area (Å²) in [5.41, 5.74) is 11.9. The number of phosphoric acid groups is 3. The number of unbranched alkanes of at least 4 members (excludes halogenated alkanes) is 5. The van der Waals surface area contributed by atoms with E-state index in [0.29, 0.717) is 55.6 Å². The number of nitrogen functional groups attached to an aromatic ring is 1. The minimum atomic E-state index is -5.86. The molecular weight excluding hydrogens is 1260 g/mol. The molecule has 11 N–H and O–H groups in total. The van der Waals surface area contributed by atoms with E-state index in [-0.39, 0.29) is 59.4 Å². The number of carbonyl (C=O) groups is 1. The predicted octanol–water partition coefficient (Wildman–Crippen LogP) is 2.59. The zero-order valence-corrected chi connectivity index (χ0v) is 51.8. The average molecular weight is 1330 g/mol. The molecule has 8 heterocycles. The Balaban J connectivity index is 0.631. The normalized spacial score (nSPS) is 21.8. The Labute approximate surface area is 504 Å². The maximum Gasteiger partial charge on any atom is 0.490 e. The van der Waals surface area contributed by atoms with Crippen LogP contribution in [0.3, 0.4) is 0 Å². The zero-order valence-electron chi connectivity index (χ0n) is 47.5. The summed E-state index contributed by atoms with van der Waals surface area (Å²) in [6.07, 6.45) is 4.42. The third kappa shape index (κ3) is 13.8. The van der Waals surface area contributed by atoms with Crippen molar-refractivity contribution >= 4 is 77.9 Å². The highest BCUT2D eigenvalue weighted by atomic mass is 32.2. The van der Waals surface area contributed by atoms with Gasteiger partial charge >= 0.3 is 23.5 Å². The van der Waals surface area contributed by atoms with E-state index in [0.717, 1.165) is 128 Å². The van der Waals surface area contributed by atoms with Crippen molar-refractivity contribution < 1.29 is 91.9 Å². The number of rotatable bonds is 26. The number of nitrogens with two attached hydrogens (primary N) is 1. The zero-order chi connectivity index (χ0) is 62.5. The number of hydrogen-bond donors (Lipinski definition) is 10. The molecule has 88 heavy (non-hydrogen) atoms. The molecule has 0 radical (unpaired) electrons. The van der Waals surface area contributed by atoms with E-state index in [1.807, 2.05) is 0 Å². The van der Waals surface area contributed by atoms with E-state index in [4.69, 9.17) is 19.7 Å². The number of benzene rings is 3. The standard InChI is InChI=1S/C53H68N9O21P3S2/c54-53-58-50-43(51(66)59-53)56-30-62(50)52-47(65)46(64)39(80-52)29-79-85(69,70)83-86(71,72)82-84(67,68)78-25-7-2-1-5-19-55-41(63)16-4-3-6-20-57-87(73,74)40-28-33(88(75,76)77)17-18-34(40)42-37-26-31-12-8-21-60-23-10-14-35(44(31)60)48(37)81-49-36-15-11-24-61-22-9-13-32(45(36)61)27-38(42)49/h17-18,26-28,30,39,46-47,52,57,64-65H,1-16,19-25,29H2,(H7-,54,55,58,59,63,66,67,68,69,70,71,72,75,76,77)/p+1/t39-,46-,47-,52-/m1/s1. The number of carbonyl (C=O) groups excluding carboxylic acids is 1. The van der Waals surface area contributed by atoms with Gasteiger partial charge in [-0.25, -0.2) is 36.4 Å². The van der Waals surface area contributed by atoms with Gasteiger partial charge in [-0.05, 0) is 94.0 Å². The number of aromatic amines is 1. The van der Waals surface area contributed by atoms with Crippen molar-refractivity contribution in [3.05, 3.63) is 91.0 Å². The van der Waals surface area contributed by atoms with E-state index in [1.54, 1.807) is 0 Å². The third-order valence-corrected chi connectivity index (χ3v) is 23.0. The highest BCUT2D eigenvalue weighted by molar-refractivity contribution is 7.89. The number of anilines is 2. The number of amides is 1. The van der Waals surface area contributed by atoms with Gasteiger partial charge in [-0.3, -0.25) is 32.7 Å². The fourth-order valence-electron chi connectivity index (χ4n) is 12.6. The molecule has 1 saturated heterocycles. The smallest absolute Gasteiger partial charge is 0.455 e. The summed E-state index contributed by atoms with van der Waals surface area (Å²) >= 11 is 0. The van der Waals surface area contributed by atoms with Gasteiger partial charge in [0.2, 0.25) is 27.2 Å². The average Bonchev–Trinajstić information content (AvgIpc) is 0.911. The van der Waals surface area contributed by atoms with Gasteiger partial charge in [-0.2, -0.15) is 22.0 Å². The Morgan fingerprint density at radius 2 is 1.50 bits per heavy atom. The minimum absolute atomic E-state index is 0.0344. The fourth-order valence-corrected chi connectivity index (χ4v) is 18.0. The molecule has 30 nitrogen and oxygen atoms in total. The van der Waals surface area contributed by atoms with Crippen LogP contribution in [0.15, 0.2) is 51.2 Å². The first-order chi connectivity index (χ1) is 41.8. The first-order valence-corrected chi connectivity index (χ1v) is 36.4. The monoisotopic (exact) mass is 1320 g/mol. The molecule has 7 atom stereocenters. The summed E-state index contributed by atoms with van der Waals surface area (Å²) in [6, 6.07) is 7.97. The maximum absolute atomic E-state index is 14.6. The molecule has 6 aliphatic rings. The number of phosphoric ester groups is 2. The molecule has 1 fully saturated rings. The van der Waals surface area contributed by atoms with E-state index >= 15 is 0 Å². The van der Waals surface area contributed by atoms with Crippen LogP contribution in [0, 0.1) is 0 Å². The van der Waals surface area contributed by atoms with Gasteiger partial charge in [0.15, 0.2) is 17.4 Å². The lowest BCUT2D eigenvalue weighted by molar-refractivity contribution is -0.121. The summed E-state index contributed by atoms with van der Waals surface area (Å²) < 4.78 is 139. The summed E-state index contributed by atoms with van der Waals surface area (Å²) in [5.74, 6) is 0.842. The number of hydrogen-bond acceptors (Lipinski definition) is 21. The Bertz CT molecular complexity index is 4160. The third-order valence-electron chi connectivity index (χ3n) is 16.4. The van der Waals surface area contributed by atoms with Crippen molar-refractivity contribution in [2.45, 2.75) is 137 Å². The second-order valence-electron chi connectivity index (χ2n) is 22.5.